The molecule has 0 unspecified atom stereocenters. The van der Waals surface area contributed by atoms with Crippen molar-refractivity contribution in [1.82, 2.24) is 14.4 Å². The van der Waals surface area contributed by atoms with Crippen LogP contribution >= 0.6 is 0 Å². The topological polar surface area (TPSA) is 37.7 Å². The van der Waals surface area contributed by atoms with Crippen LogP contribution in [0.25, 0.3) is 0 Å². The second kappa shape index (κ2) is 8.33. The summed E-state index contributed by atoms with van der Waals surface area (Å²) in [6.45, 7) is 10.8. The van der Waals surface area contributed by atoms with Crippen molar-refractivity contribution in [3.63, 3.8) is 0 Å². The van der Waals surface area contributed by atoms with Gasteiger partial charge in [-0.2, -0.15) is 0 Å². The van der Waals surface area contributed by atoms with Crippen LogP contribution in [0.1, 0.15) is 55.6 Å². The molecule has 2 fully saturated rings. The number of aromatic nitrogens is 1. The van der Waals surface area contributed by atoms with Crippen molar-refractivity contribution in [1.29, 1.82) is 0 Å². The van der Waals surface area contributed by atoms with Crippen LogP contribution in [0, 0.1) is 0 Å². The summed E-state index contributed by atoms with van der Waals surface area (Å²) in [6, 6.07) is 12.3. The Kier molecular flexibility index (Phi) is 5.79. The van der Waals surface area contributed by atoms with Crippen LogP contribution in [0.4, 0.5) is 0 Å². The SMILES string of the molecule is CC(C)(C)n1ccc(C(=O)N2CCO[C@@H](CN3CCCC3)[C@@H]2c2ccccc2)c1. The Labute approximate surface area is 174 Å². The lowest BCUT2D eigenvalue weighted by Gasteiger charge is -2.42. The second-order valence-corrected chi connectivity index (χ2v) is 9.25. The molecule has 1 aromatic carbocycles. The van der Waals surface area contributed by atoms with Crippen LogP contribution in [0.3, 0.4) is 0 Å². The molecular formula is C24H33N3O2. The third-order valence-corrected chi connectivity index (χ3v) is 6.11. The standard InChI is InChI=1S/C24H33N3O2/c1-24(2,3)26-14-11-20(17-26)23(28)27-15-16-29-21(18-25-12-7-8-13-25)22(27)19-9-5-4-6-10-19/h4-6,9-11,14,17,21-22H,7-8,12-13,15-16,18H2,1-3H3/t21-,22-/m0/s1. The van der Waals surface area contributed by atoms with Crippen LogP contribution in [-0.2, 0) is 10.3 Å². The van der Waals surface area contributed by atoms with Gasteiger partial charge in [-0.1, -0.05) is 30.3 Å². The van der Waals surface area contributed by atoms with Gasteiger partial charge in [-0.15, -0.1) is 0 Å². The molecule has 29 heavy (non-hydrogen) atoms. The van der Waals surface area contributed by atoms with Crippen molar-refractivity contribution in [3.8, 4) is 0 Å². The van der Waals surface area contributed by atoms with Crippen molar-refractivity contribution in [3.05, 3.63) is 59.9 Å². The Hall–Kier alpha value is -2.11. The van der Waals surface area contributed by atoms with Crippen molar-refractivity contribution in [2.75, 3.05) is 32.8 Å². The number of hydrogen-bond donors (Lipinski definition) is 0. The number of amides is 1. The van der Waals surface area contributed by atoms with E-state index in [1.165, 1.54) is 12.8 Å². The average molecular weight is 396 g/mol. The molecule has 2 saturated heterocycles. The number of morpholine rings is 1. The quantitative estimate of drug-likeness (QED) is 0.787. The maximum Gasteiger partial charge on any atom is 0.256 e. The molecule has 1 aromatic heterocycles. The van der Waals surface area contributed by atoms with Gasteiger partial charge >= 0.3 is 0 Å². The van der Waals surface area contributed by atoms with E-state index in [4.69, 9.17) is 4.74 Å². The predicted molar refractivity (Wildman–Crippen MR) is 115 cm³/mol. The highest BCUT2D eigenvalue weighted by Gasteiger charge is 2.38. The first-order chi connectivity index (χ1) is 13.9. The van der Waals surface area contributed by atoms with Gasteiger partial charge in [0.05, 0.1) is 24.3 Å². The van der Waals surface area contributed by atoms with E-state index < -0.39 is 0 Å². The van der Waals surface area contributed by atoms with Gasteiger partial charge < -0.3 is 19.1 Å². The molecule has 0 aliphatic carbocycles. The van der Waals surface area contributed by atoms with Crippen LogP contribution < -0.4 is 0 Å². The maximum atomic E-state index is 13.5. The molecule has 0 saturated carbocycles. The van der Waals surface area contributed by atoms with Crippen molar-refractivity contribution in [2.45, 2.75) is 51.3 Å². The summed E-state index contributed by atoms with van der Waals surface area (Å²) in [6.07, 6.45) is 6.50. The summed E-state index contributed by atoms with van der Waals surface area (Å²) < 4.78 is 8.35. The lowest BCUT2D eigenvalue weighted by Crippen LogP contribution is -2.51. The lowest BCUT2D eigenvalue weighted by atomic mass is 9.96. The number of ether oxygens (including phenoxy) is 1. The third kappa shape index (κ3) is 4.41. The number of carbonyl (C=O) groups excluding carboxylic acids is 1. The minimum atomic E-state index is -0.0592. The highest BCUT2D eigenvalue weighted by Crippen LogP contribution is 2.32. The van der Waals surface area contributed by atoms with Gasteiger partial charge in [0.25, 0.3) is 5.91 Å². The summed E-state index contributed by atoms with van der Waals surface area (Å²) in [4.78, 5) is 18.1. The third-order valence-electron chi connectivity index (χ3n) is 6.11. The molecule has 0 spiro atoms. The molecule has 3 heterocycles. The van der Waals surface area contributed by atoms with Gasteiger partial charge in [0.15, 0.2) is 0 Å². The largest absolute Gasteiger partial charge is 0.373 e. The molecule has 2 aromatic rings. The highest BCUT2D eigenvalue weighted by molar-refractivity contribution is 5.94. The summed E-state index contributed by atoms with van der Waals surface area (Å²) in [5, 5.41) is 0. The molecule has 5 nitrogen and oxygen atoms in total. The van der Waals surface area contributed by atoms with Crippen LogP contribution in [0.15, 0.2) is 48.8 Å². The summed E-state index contributed by atoms with van der Waals surface area (Å²) >= 11 is 0. The molecule has 1 amide bonds. The van der Waals surface area contributed by atoms with E-state index in [1.807, 2.05) is 29.4 Å². The van der Waals surface area contributed by atoms with Gasteiger partial charge in [0, 0.05) is 31.0 Å². The molecule has 0 bridgehead atoms. The van der Waals surface area contributed by atoms with E-state index in [0.29, 0.717) is 13.2 Å². The molecule has 0 radical (unpaired) electrons. The first-order valence-electron chi connectivity index (χ1n) is 10.8. The van der Waals surface area contributed by atoms with Crippen molar-refractivity contribution in [2.24, 2.45) is 0 Å². The number of hydrogen-bond acceptors (Lipinski definition) is 3. The van der Waals surface area contributed by atoms with E-state index in [2.05, 4.69) is 54.5 Å². The number of likely N-dealkylation sites (tertiary alicyclic amines) is 1. The van der Waals surface area contributed by atoms with E-state index in [0.717, 1.165) is 30.8 Å². The summed E-state index contributed by atoms with van der Waals surface area (Å²) in [7, 11) is 0. The first-order valence-corrected chi connectivity index (χ1v) is 10.8. The summed E-state index contributed by atoms with van der Waals surface area (Å²) in [5.74, 6) is 0.0941. The fourth-order valence-corrected chi connectivity index (χ4v) is 4.48. The molecule has 0 N–H and O–H groups in total. The Bertz CT molecular complexity index is 818. The summed E-state index contributed by atoms with van der Waals surface area (Å²) in [5.41, 5.74) is 1.86. The zero-order valence-corrected chi connectivity index (χ0v) is 17.9. The van der Waals surface area contributed by atoms with Gasteiger partial charge in [-0.3, -0.25) is 4.79 Å². The second-order valence-electron chi connectivity index (χ2n) is 9.25. The van der Waals surface area contributed by atoms with Crippen LogP contribution in [0.2, 0.25) is 0 Å². The maximum absolute atomic E-state index is 13.5. The molecular weight excluding hydrogens is 362 g/mol. The van der Waals surface area contributed by atoms with Gasteiger partial charge in [-0.25, -0.2) is 0 Å². The van der Waals surface area contributed by atoms with E-state index in [9.17, 15) is 4.79 Å². The minimum Gasteiger partial charge on any atom is -0.373 e. The van der Waals surface area contributed by atoms with Gasteiger partial charge in [0.2, 0.25) is 0 Å². The first kappa shape index (κ1) is 20.2. The smallest absolute Gasteiger partial charge is 0.256 e. The molecule has 2 aliphatic heterocycles. The lowest BCUT2D eigenvalue weighted by molar-refractivity contribution is -0.0707. The minimum absolute atomic E-state index is 0.00194. The van der Waals surface area contributed by atoms with Gasteiger partial charge in [-0.05, 0) is 58.3 Å². The highest BCUT2D eigenvalue weighted by atomic mass is 16.5. The molecule has 4 rings (SSSR count). The molecule has 2 aliphatic rings. The zero-order valence-electron chi connectivity index (χ0n) is 17.9. The van der Waals surface area contributed by atoms with Crippen molar-refractivity contribution >= 4 is 5.91 Å². The fraction of sp³-hybridized carbons (Fsp3) is 0.542. The van der Waals surface area contributed by atoms with E-state index in [1.54, 1.807) is 0 Å². The Morgan fingerprint density at radius 3 is 2.45 bits per heavy atom. The Morgan fingerprint density at radius 2 is 1.79 bits per heavy atom. The van der Waals surface area contributed by atoms with Crippen LogP contribution in [-0.4, -0.2) is 59.2 Å². The van der Waals surface area contributed by atoms with E-state index in [-0.39, 0.29) is 23.6 Å². The molecule has 156 valence electrons. The Morgan fingerprint density at radius 1 is 1.07 bits per heavy atom. The number of nitrogens with zero attached hydrogens (tertiary/aromatic N) is 3. The normalized spacial score (nSPS) is 23.5. The average Bonchev–Trinajstić information content (AvgIpc) is 3.40. The number of benzene rings is 1. The molecule has 2 atom stereocenters. The van der Waals surface area contributed by atoms with Crippen LogP contribution in [0.5, 0.6) is 0 Å². The van der Waals surface area contributed by atoms with Gasteiger partial charge in [0.1, 0.15) is 0 Å². The fourth-order valence-electron chi connectivity index (χ4n) is 4.48. The Balaban J connectivity index is 1.62. The zero-order chi connectivity index (χ0) is 20.4. The monoisotopic (exact) mass is 395 g/mol. The predicted octanol–water partition coefficient (Wildman–Crippen LogP) is 3.92. The van der Waals surface area contributed by atoms with E-state index >= 15 is 0 Å². The van der Waals surface area contributed by atoms with Crippen molar-refractivity contribution < 1.29 is 9.53 Å². The molecule has 5 heteroatoms. The number of carbonyl (C=O) groups is 1. The number of rotatable bonds is 4.